The number of hydrogen-bond acceptors (Lipinski definition) is 5. The second kappa shape index (κ2) is 5.82. The zero-order chi connectivity index (χ0) is 14.0. The third-order valence-electron chi connectivity index (χ3n) is 2.88. The normalized spacial score (nSPS) is 18.2. The monoisotopic (exact) mass is 321 g/mol. The maximum absolute atomic E-state index is 12.5. The first-order valence-corrected chi connectivity index (χ1v) is 9.25. The van der Waals surface area contributed by atoms with Crippen molar-refractivity contribution in [1.82, 2.24) is 4.31 Å². The number of aryl methyl sites for hydroxylation is 1. The summed E-state index contributed by atoms with van der Waals surface area (Å²) in [5, 5.41) is 8.94. The van der Waals surface area contributed by atoms with Gasteiger partial charge in [0, 0.05) is 23.7 Å². The van der Waals surface area contributed by atoms with Crippen LogP contribution in [0.1, 0.15) is 21.0 Å². The van der Waals surface area contributed by atoms with Crippen LogP contribution in [-0.2, 0) is 10.0 Å². The highest BCUT2D eigenvalue weighted by Gasteiger charge is 2.29. The predicted octanol–water partition coefficient (Wildman–Crippen LogP) is 1.88. The van der Waals surface area contributed by atoms with Crippen molar-refractivity contribution in [3.05, 3.63) is 15.8 Å². The number of carbonyl (C=O) groups is 1. The van der Waals surface area contributed by atoms with Gasteiger partial charge in [-0.25, -0.2) is 13.2 Å². The van der Waals surface area contributed by atoms with Gasteiger partial charge in [-0.05, 0) is 25.2 Å². The summed E-state index contributed by atoms with van der Waals surface area (Å²) in [4.78, 5) is 11.7. The highest BCUT2D eigenvalue weighted by Crippen LogP contribution is 2.29. The van der Waals surface area contributed by atoms with Crippen molar-refractivity contribution < 1.29 is 18.3 Å². The lowest BCUT2D eigenvalue weighted by atomic mass is 10.4. The summed E-state index contributed by atoms with van der Waals surface area (Å²) in [6, 6.07) is 1.27. The van der Waals surface area contributed by atoms with Gasteiger partial charge in [0.05, 0.1) is 4.90 Å². The van der Waals surface area contributed by atoms with Gasteiger partial charge in [0.1, 0.15) is 4.88 Å². The average molecular weight is 321 g/mol. The van der Waals surface area contributed by atoms with Gasteiger partial charge in [-0.3, -0.25) is 0 Å². The van der Waals surface area contributed by atoms with Gasteiger partial charge in [-0.1, -0.05) is 0 Å². The van der Waals surface area contributed by atoms with Gasteiger partial charge >= 0.3 is 5.97 Å². The molecule has 1 aliphatic rings. The van der Waals surface area contributed by atoms with Crippen LogP contribution in [0.2, 0.25) is 0 Å². The van der Waals surface area contributed by atoms with Crippen LogP contribution in [0.4, 0.5) is 0 Å². The number of sulfonamides is 1. The van der Waals surface area contributed by atoms with E-state index in [1.807, 2.05) is 0 Å². The Morgan fingerprint density at radius 2 is 2.11 bits per heavy atom. The molecule has 2 heterocycles. The minimum absolute atomic E-state index is 0.0697. The van der Waals surface area contributed by atoms with E-state index >= 15 is 0 Å². The molecule has 1 saturated heterocycles. The smallest absolute Gasteiger partial charge is 0.345 e. The average Bonchev–Trinajstić information content (AvgIpc) is 2.59. The Morgan fingerprint density at radius 1 is 1.37 bits per heavy atom. The topological polar surface area (TPSA) is 74.7 Å². The number of rotatable bonds is 3. The zero-order valence-electron chi connectivity index (χ0n) is 10.5. The van der Waals surface area contributed by atoms with E-state index in [2.05, 4.69) is 0 Å². The summed E-state index contributed by atoms with van der Waals surface area (Å²) in [5.74, 6) is 0.671. The molecule has 0 saturated carbocycles. The Hall–Kier alpha value is -0.570. The Morgan fingerprint density at radius 3 is 2.74 bits per heavy atom. The lowest BCUT2D eigenvalue weighted by molar-refractivity contribution is 0.0702. The number of nitrogens with zero attached hydrogens (tertiary/aromatic N) is 1. The molecule has 0 unspecified atom stereocenters. The first kappa shape index (κ1) is 14.8. The van der Waals surface area contributed by atoms with Crippen LogP contribution in [-0.4, -0.2) is 48.4 Å². The van der Waals surface area contributed by atoms with Crippen LogP contribution in [0, 0.1) is 6.92 Å². The second-order valence-electron chi connectivity index (χ2n) is 4.21. The SMILES string of the molecule is Cc1sc(C(=O)O)cc1S(=O)(=O)N1CCCSCC1. The fourth-order valence-electron chi connectivity index (χ4n) is 1.93. The third kappa shape index (κ3) is 3.13. The zero-order valence-corrected chi connectivity index (χ0v) is 12.9. The van der Waals surface area contributed by atoms with E-state index in [-0.39, 0.29) is 9.77 Å². The summed E-state index contributed by atoms with van der Waals surface area (Å²) in [7, 11) is -3.56. The summed E-state index contributed by atoms with van der Waals surface area (Å²) in [5.41, 5.74) is 0. The molecule has 0 aromatic carbocycles. The van der Waals surface area contributed by atoms with Gasteiger partial charge in [-0.2, -0.15) is 16.1 Å². The van der Waals surface area contributed by atoms with E-state index in [1.54, 1.807) is 18.7 Å². The standard InChI is InChI=1S/C11H15NO4S3/c1-8-10(7-9(18-8)11(13)14)19(15,16)12-3-2-5-17-6-4-12/h7H,2-6H2,1H3,(H,13,14). The lowest BCUT2D eigenvalue weighted by Crippen LogP contribution is -2.33. The summed E-state index contributed by atoms with van der Waals surface area (Å²) in [6.45, 7) is 2.65. The molecule has 0 spiro atoms. The Labute approximate surface area is 120 Å². The highest BCUT2D eigenvalue weighted by molar-refractivity contribution is 7.99. The molecule has 1 N–H and O–H groups in total. The Kier molecular flexibility index (Phi) is 4.54. The molecule has 0 aliphatic carbocycles. The Bertz CT molecular complexity index is 571. The van der Waals surface area contributed by atoms with Crippen LogP contribution in [0.15, 0.2) is 11.0 Å². The number of thiophene rings is 1. The molecular weight excluding hydrogens is 306 g/mol. The molecule has 0 atom stereocenters. The molecule has 0 radical (unpaired) electrons. The molecule has 1 aliphatic heterocycles. The maximum atomic E-state index is 12.5. The number of aromatic carboxylic acids is 1. The third-order valence-corrected chi connectivity index (χ3v) is 7.12. The molecular formula is C11H15NO4S3. The van der Waals surface area contributed by atoms with E-state index in [0.717, 1.165) is 29.3 Å². The van der Waals surface area contributed by atoms with Crippen molar-refractivity contribution in [3.63, 3.8) is 0 Å². The number of hydrogen-bond donors (Lipinski definition) is 1. The highest BCUT2D eigenvalue weighted by atomic mass is 32.2. The summed E-state index contributed by atoms with van der Waals surface area (Å²) >= 11 is 2.76. The van der Waals surface area contributed by atoms with E-state index < -0.39 is 16.0 Å². The molecule has 1 aromatic rings. The van der Waals surface area contributed by atoms with Crippen molar-refractivity contribution in [1.29, 1.82) is 0 Å². The van der Waals surface area contributed by atoms with Crippen LogP contribution >= 0.6 is 23.1 Å². The van der Waals surface area contributed by atoms with E-state index in [4.69, 9.17) is 5.11 Å². The quantitative estimate of drug-likeness (QED) is 0.920. The molecule has 0 amide bonds. The van der Waals surface area contributed by atoms with Crippen molar-refractivity contribution in [2.75, 3.05) is 24.6 Å². The van der Waals surface area contributed by atoms with Crippen molar-refractivity contribution in [3.8, 4) is 0 Å². The largest absolute Gasteiger partial charge is 0.477 e. The first-order valence-electron chi connectivity index (χ1n) is 5.84. The van der Waals surface area contributed by atoms with Crippen LogP contribution in [0.3, 0.4) is 0 Å². The number of carboxylic acid groups (broad SMARTS) is 1. The molecule has 5 nitrogen and oxygen atoms in total. The van der Waals surface area contributed by atoms with Crippen LogP contribution < -0.4 is 0 Å². The minimum atomic E-state index is -3.56. The fraction of sp³-hybridized carbons (Fsp3) is 0.545. The molecule has 1 fully saturated rings. The molecule has 19 heavy (non-hydrogen) atoms. The maximum Gasteiger partial charge on any atom is 0.345 e. The second-order valence-corrected chi connectivity index (χ2v) is 8.59. The number of thioether (sulfide) groups is 1. The number of carboxylic acids is 1. The molecule has 1 aromatic heterocycles. The van der Waals surface area contributed by atoms with Crippen LogP contribution in [0.25, 0.3) is 0 Å². The Balaban J connectivity index is 2.35. The van der Waals surface area contributed by atoms with Crippen molar-refractivity contribution in [2.45, 2.75) is 18.2 Å². The fourth-order valence-corrected chi connectivity index (χ4v) is 5.81. The molecule has 0 bridgehead atoms. The van der Waals surface area contributed by atoms with E-state index in [1.165, 1.54) is 10.4 Å². The lowest BCUT2D eigenvalue weighted by Gasteiger charge is -2.19. The predicted molar refractivity (Wildman–Crippen MR) is 76.7 cm³/mol. The summed E-state index contributed by atoms with van der Waals surface area (Å²) in [6.07, 6.45) is 0.832. The minimum Gasteiger partial charge on any atom is -0.477 e. The summed E-state index contributed by atoms with van der Waals surface area (Å²) < 4.78 is 26.5. The molecule has 8 heteroatoms. The van der Waals surface area contributed by atoms with E-state index in [9.17, 15) is 13.2 Å². The van der Waals surface area contributed by atoms with Crippen molar-refractivity contribution in [2.24, 2.45) is 0 Å². The molecule has 106 valence electrons. The van der Waals surface area contributed by atoms with Gasteiger partial charge in [-0.15, -0.1) is 11.3 Å². The van der Waals surface area contributed by atoms with Gasteiger partial charge in [0.2, 0.25) is 10.0 Å². The van der Waals surface area contributed by atoms with Crippen molar-refractivity contribution >= 4 is 39.1 Å². The van der Waals surface area contributed by atoms with Gasteiger partial charge < -0.3 is 5.11 Å². The van der Waals surface area contributed by atoms with E-state index in [0.29, 0.717) is 18.0 Å². The van der Waals surface area contributed by atoms with Gasteiger partial charge in [0.15, 0.2) is 0 Å². The van der Waals surface area contributed by atoms with Crippen LogP contribution in [0.5, 0.6) is 0 Å². The first-order chi connectivity index (χ1) is 8.93. The molecule has 2 rings (SSSR count). The van der Waals surface area contributed by atoms with Gasteiger partial charge in [0.25, 0.3) is 0 Å².